The lowest BCUT2D eigenvalue weighted by atomic mass is 9.99. The van der Waals surface area contributed by atoms with Crippen LogP contribution >= 0.6 is 35.7 Å². The van der Waals surface area contributed by atoms with Crippen molar-refractivity contribution in [2.75, 3.05) is 52.8 Å². The zero-order valence-corrected chi connectivity index (χ0v) is 19.2. The highest BCUT2D eigenvalue weighted by Gasteiger charge is 2.32. The minimum Gasteiger partial charge on any atom is -0.453 e. The topological polar surface area (TPSA) is 75.2 Å². The van der Waals surface area contributed by atoms with E-state index in [1.807, 2.05) is 11.8 Å². The third-order valence-electron chi connectivity index (χ3n) is 4.98. The number of nitrogens with one attached hydrogen (secondary N) is 2. The highest BCUT2D eigenvalue weighted by molar-refractivity contribution is 14.0. The van der Waals surface area contributed by atoms with Crippen molar-refractivity contribution in [3.63, 3.8) is 0 Å². The Hall–Kier alpha value is -0.420. The molecule has 7 nitrogen and oxygen atoms in total. The summed E-state index contributed by atoms with van der Waals surface area (Å²) in [5, 5.41) is 6.88. The first-order valence-corrected chi connectivity index (χ1v) is 10.4. The summed E-state index contributed by atoms with van der Waals surface area (Å²) < 4.78 is 10.5. The van der Waals surface area contributed by atoms with Crippen LogP contribution in [0.1, 0.15) is 32.6 Å². The molecule has 1 amide bonds. The average Bonchev–Trinajstić information content (AvgIpc) is 2.67. The van der Waals surface area contributed by atoms with Gasteiger partial charge in [0.05, 0.1) is 13.7 Å². The number of aliphatic imine (C=N–C) groups is 1. The third kappa shape index (κ3) is 6.95. The van der Waals surface area contributed by atoms with Crippen LogP contribution in [0.4, 0.5) is 4.79 Å². The van der Waals surface area contributed by atoms with Gasteiger partial charge in [-0.15, -0.1) is 24.0 Å². The number of thioether (sulfide) groups is 1. The fourth-order valence-corrected chi connectivity index (χ4v) is 4.01. The Bertz CT molecular complexity index is 453. The van der Waals surface area contributed by atoms with Gasteiger partial charge in [-0.3, -0.25) is 4.99 Å². The van der Waals surface area contributed by atoms with Crippen LogP contribution in [-0.4, -0.2) is 80.5 Å². The number of rotatable bonds is 5. The molecular weight excluding hydrogens is 467 g/mol. The number of carbonyl (C=O) groups excluding carboxylic acids is 1. The van der Waals surface area contributed by atoms with Crippen molar-refractivity contribution in [3.05, 3.63) is 0 Å². The highest BCUT2D eigenvalue weighted by atomic mass is 127. The van der Waals surface area contributed by atoms with Crippen LogP contribution in [0.2, 0.25) is 0 Å². The molecule has 0 radical (unpaired) electrons. The van der Waals surface area contributed by atoms with Gasteiger partial charge in [0.25, 0.3) is 0 Å². The quantitative estimate of drug-likeness (QED) is 0.343. The predicted molar refractivity (Wildman–Crippen MR) is 118 cm³/mol. The Morgan fingerprint density at radius 1 is 1.35 bits per heavy atom. The first-order valence-electron chi connectivity index (χ1n) is 9.13. The SMILES string of the molecule is CCNC(=NCC1(SC)CCOCC1)NC1CCN(C(=O)OC)CC1.I. The molecule has 2 heterocycles. The monoisotopic (exact) mass is 500 g/mol. The van der Waals surface area contributed by atoms with Gasteiger partial charge < -0.3 is 25.0 Å². The summed E-state index contributed by atoms with van der Waals surface area (Å²) in [4.78, 5) is 18.2. The molecule has 2 fully saturated rings. The molecule has 2 aliphatic heterocycles. The van der Waals surface area contributed by atoms with E-state index in [-0.39, 0.29) is 34.8 Å². The number of halogens is 1. The maximum absolute atomic E-state index is 11.6. The van der Waals surface area contributed by atoms with Gasteiger partial charge >= 0.3 is 6.09 Å². The third-order valence-corrected chi connectivity index (χ3v) is 6.38. The number of amides is 1. The van der Waals surface area contributed by atoms with E-state index in [2.05, 4.69) is 23.8 Å². The molecule has 0 unspecified atom stereocenters. The fourth-order valence-electron chi connectivity index (χ4n) is 3.24. The molecule has 2 N–H and O–H groups in total. The minimum absolute atomic E-state index is 0. The number of nitrogens with zero attached hydrogens (tertiary/aromatic N) is 2. The number of ether oxygens (including phenoxy) is 2. The number of hydrogen-bond acceptors (Lipinski definition) is 5. The maximum atomic E-state index is 11.6. The van der Waals surface area contributed by atoms with E-state index in [4.69, 9.17) is 14.5 Å². The second-order valence-electron chi connectivity index (χ2n) is 6.57. The second kappa shape index (κ2) is 12.1. The van der Waals surface area contributed by atoms with Gasteiger partial charge in [-0.1, -0.05) is 0 Å². The molecule has 0 saturated carbocycles. The molecule has 2 saturated heterocycles. The Balaban J connectivity index is 0.00000338. The van der Waals surface area contributed by atoms with Gasteiger partial charge in [-0.05, 0) is 38.9 Å². The normalized spacial score (nSPS) is 20.9. The maximum Gasteiger partial charge on any atom is 0.409 e. The van der Waals surface area contributed by atoms with E-state index in [0.29, 0.717) is 6.04 Å². The molecule has 0 aromatic carbocycles. The Kier molecular flexibility index (Phi) is 11.0. The van der Waals surface area contributed by atoms with Gasteiger partial charge in [-0.25, -0.2) is 4.79 Å². The summed E-state index contributed by atoms with van der Waals surface area (Å²) in [5.74, 6) is 0.874. The van der Waals surface area contributed by atoms with E-state index in [9.17, 15) is 4.79 Å². The van der Waals surface area contributed by atoms with Crippen LogP contribution in [-0.2, 0) is 9.47 Å². The highest BCUT2D eigenvalue weighted by Crippen LogP contribution is 2.34. The fraction of sp³-hybridized carbons (Fsp3) is 0.882. The molecule has 0 bridgehead atoms. The van der Waals surface area contributed by atoms with E-state index >= 15 is 0 Å². The van der Waals surface area contributed by atoms with Crippen molar-refractivity contribution in [1.82, 2.24) is 15.5 Å². The van der Waals surface area contributed by atoms with Gasteiger partial charge in [-0.2, -0.15) is 11.8 Å². The van der Waals surface area contributed by atoms with Crippen LogP contribution in [0.15, 0.2) is 4.99 Å². The summed E-state index contributed by atoms with van der Waals surface area (Å²) in [6.07, 6.45) is 5.84. The van der Waals surface area contributed by atoms with Gasteiger partial charge in [0.15, 0.2) is 5.96 Å². The van der Waals surface area contributed by atoms with Crippen LogP contribution in [0.3, 0.4) is 0 Å². The largest absolute Gasteiger partial charge is 0.453 e. The molecule has 0 aromatic heterocycles. The van der Waals surface area contributed by atoms with Crippen molar-refractivity contribution in [2.24, 2.45) is 4.99 Å². The molecule has 0 spiro atoms. The summed E-state index contributed by atoms with van der Waals surface area (Å²) in [6.45, 7) is 6.80. The zero-order chi connectivity index (χ0) is 18.1. The molecule has 152 valence electrons. The molecule has 0 aliphatic carbocycles. The van der Waals surface area contributed by atoms with Crippen molar-refractivity contribution < 1.29 is 14.3 Å². The molecule has 9 heteroatoms. The molecule has 26 heavy (non-hydrogen) atoms. The predicted octanol–water partition coefficient (Wildman–Crippen LogP) is 2.30. The van der Waals surface area contributed by atoms with Crippen LogP contribution < -0.4 is 10.6 Å². The summed E-state index contributed by atoms with van der Waals surface area (Å²) in [7, 11) is 1.43. The van der Waals surface area contributed by atoms with Crippen molar-refractivity contribution in [3.8, 4) is 0 Å². The minimum atomic E-state index is -0.236. The number of hydrogen-bond donors (Lipinski definition) is 2. The number of guanidine groups is 1. The smallest absolute Gasteiger partial charge is 0.409 e. The second-order valence-corrected chi connectivity index (χ2v) is 7.84. The summed E-state index contributed by atoms with van der Waals surface area (Å²) >= 11 is 1.90. The van der Waals surface area contributed by atoms with Gasteiger partial charge in [0.2, 0.25) is 0 Å². The van der Waals surface area contributed by atoms with Crippen molar-refractivity contribution >= 4 is 47.8 Å². The summed E-state index contributed by atoms with van der Waals surface area (Å²) in [6, 6.07) is 0.332. The number of piperidine rings is 1. The van der Waals surface area contributed by atoms with Gasteiger partial charge in [0, 0.05) is 43.6 Å². The molecule has 0 atom stereocenters. The molecular formula is C17H33IN4O3S. The lowest BCUT2D eigenvalue weighted by molar-refractivity contribution is 0.0794. The average molecular weight is 500 g/mol. The van der Waals surface area contributed by atoms with Crippen LogP contribution in [0.25, 0.3) is 0 Å². The molecule has 2 aliphatic rings. The number of methoxy groups -OCH3 is 1. The van der Waals surface area contributed by atoms with Gasteiger partial charge in [0.1, 0.15) is 0 Å². The standard InChI is InChI=1S/C17H32N4O3S.HI/c1-4-18-15(19-13-17(25-3)7-11-24-12-8-17)20-14-5-9-21(10-6-14)16(22)23-2;/h14H,4-13H2,1-3H3,(H2,18,19,20);1H. The number of likely N-dealkylation sites (tertiary alicyclic amines) is 1. The lowest BCUT2D eigenvalue weighted by Gasteiger charge is -2.35. The van der Waals surface area contributed by atoms with E-state index in [1.165, 1.54) is 7.11 Å². The van der Waals surface area contributed by atoms with Crippen LogP contribution in [0.5, 0.6) is 0 Å². The Morgan fingerprint density at radius 2 is 2.00 bits per heavy atom. The zero-order valence-electron chi connectivity index (χ0n) is 16.1. The first kappa shape index (κ1) is 23.6. The summed E-state index contributed by atoms with van der Waals surface area (Å²) in [5.41, 5.74) is 0. The number of carbonyl (C=O) groups is 1. The molecule has 0 aromatic rings. The lowest BCUT2D eigenvalue weighted by Crippen LogP contribution is -2.50. The molecule has 2 rings (SSSR count). The first-order chi connectivity index (χ1) is 12.1. The van der Waals surface area contributed by atoms with E-state index in [1.54, 1.807) is 4.90 Å². The van der Waals surface area contributed by atoms with Crippen molar-refractivity contribution in [1.29, 1.82) is 0 Å². The van der Waals surface area contributed by atoms with Crippen molar-refractivity contribution in [2.45, 2.75) is 43.4 Å². The van der Waals surface area contributed by atoms with Crippen LogP contribution in [0, 0.1) is 0 Å². The van der Waals surface area contributed by atoms with E-state index < -0.39 is 0 Å². The Labute approximate surface area is 178 Å². The van der Waals surface area contributed by atoms with E-state index in [0.717, 1.165) is 71.0 Å². The Morgan fingerprint density at radius 3 is 2.54 bits per heavy atom.